The highest BCUT2D eigenvalue weighted by atomic mass is 79.9. The maximum Gasteiger partial charge on any atom is 0.296 e. The summed E-state index contributed by atoms with van der Waals surface area (Å²) in [4.78, 5) is 33.2. The van der Waals surface area contributed by atoms with Gasteiger partial charge in [0.15, 0.2) is 10.1 Å². The van der Waals surface area contributed by atoms with Crippen LogP contribution in [-0.4, -0.2) is 32.0 Å². The van der Waals surface area contributed by atoms with Crippen molar-refractivity contribution in [2.24, 2.45) is 0 Å². The molecule has 0 saturated heterocycles. The Labute approximate surface area is 234 Å². The molecule has 37 heavy (non-hydrogen) atoms. The summed E-state index contributed by atoms with van der Waals surface area (Å²) in [5.74, 6) is -0.965. The van der Waals surface area contributed by atoms with Crippen LogP contribution in [0.3, 0.4) is 0 Å². The SMILES string of the molecule is Cc1ccc(CSc2nnc(N3C(=O)C(O)=C(C(=O)c4sc(C)nc4C)C3c3ccc(Br)cc3)s2)cc1. The molecule has 0 radical (unpaired) electrons. The number of amides is 1. The molecule has 4 aromatic rings. The summed E-state index contributed by atoms with van der Waals surface area (Å²) in [7, 11) is 0. The molecule has 1 aliphatic rings. The molecule has 1 atom stereocenters. The molecule has 0 aliphatic carbocycles. The fraction of sp³-hybridized carbons (Fsp3) is 0.192. The zero-order chi connectivity index (χ0) is 26.3. The van der Waals surface area contributed by atoms with Crippen LogP contribution >= 0.6 is 50.4 Å². The number of aliphatic hydroxyl groups is 1. The summed E-state index contributed by atoms with van der Waals surface area (Å²) >= 11 is 7.46. The number of carbonyl (C=O) groups is 2. The largest absolute Gasteiger partial charge is 0.503 e. The lowest BCUT2D eigenvalue weighted by atomic mass is 9.95. The van der Waals surface area contributed by atoms with Gasteiger partial charge in [-0.1, -0.05) is 81.0 Å². The second kappa shape index (κ2) is 10.5. The first-order chi connectivity index (χ1) is 17.7. The van der Waals surface area contributed by atoms with Crippen LogP contribution in [0.2, 0.25) is 0 Å². The van der Waals surface area contributed by atoms with Crippen LogP contribution in [0.1, 0.15) is 43.1 Å². The van der Waals surface area contributed by atoms with Crippen LogP contribution in [0.25, 0.3) is 0 Å². The fourth-order valence-corrected chi connectivity index (χ4v) is 7.01. The quantitative estimate of drug-likeness (QED) is 0.140. The number of nitrogens with zero attached hydrogens (tertiary/aromatic N) is 4. The Morgan fingerprint density at radius 3 is 2.41 bits per heavy atom. The van der Waals surface area contributed by atoms with Gasteiger partial charge < -0.3 is 5.11 Å². The lowest BCUT2D eigenvalue weighted by Gasteiger charge is -2.24. The first-order valence-corrected chi connectivity index (χ1v) is 14.7. The average molecular weight is 614 g/mol. The minimum absolute atomic E-state index is 0.0168. The third-order valence-corrected chi connectivity index (χ3v) is 9.56. The Balaban J connectivity index is 1.50. The number of ketones is 1. The van der Waals surface area contributed by atoms with Crippen molar-refractivity contribution in [3.05, 3.63) is 96.6 Å². The third-order valence-electron chi connectivity index (χ3n) is 5.83. The summed E-state index contributed by atoms with van der Waals surface area (Å²) in [5.41, 5.74) is 3.61. The van der Waals surface area contributed by atoms with Crippen molar-refractivity contribution in [2.75, 3.05) is 4.90 Å². The lowest BCUT2D eigenvalue weighted by molar-refractivity contribution is -0.117. The van der Waals surface area contributed by atoms with Crippen LogP contribution in [0.4, 0.5) is 5.13 Å². The number of Topliss-reactive ketones (excluding diaryl/α,β-unsaturated/α-hetero) is 1. The smallest absolute Gasteiger partial charge is 0.296 e. The van der Waals surface area contributed by atoms with Crippen LogP contribution in [-0.2, 0) is 10.5 Å². The van der Waals surface area contributed by atoms with Gasteiger partial charge in [0.05, 0.1) is 27.2 Å². The molecule has 7 nitrogen and oxygen atoms in total. The molecular formula is C26H21BrN4O3S3. The van der Waals surface area contributed by atoms with Crippen LogP contribution in [0.5, 0.6) is 0 Å². The number of thioether (sulfide) groups is 1. The second-order valence-electron chi connectivity index (χ2n) is 8.49. The maximum absolute atomic E-state index is 13.7. The highest BCUT2D eigenvalue weighted by molar-refractivity contribution is 9.10. The molecule has 0 bridgehead atoms. The number of aryl methyl sites for hydroxylation is 3. The van der Waals surface area contributed by atoms with E-state index in [1.54, 1.807) is 6.92 Å². The molecule has 0 saturated carbocycles. The summed E-state index contributed by atoms with van der Waals surface area (Å²) in [6, 6.07) is 14.7. The minimum Gasteiger partial charge on any atom is -0.503 e. The molecule has 0 spiro atoms. The molecule has 11 heteroatoms. The van der Waals surface area contributed by atoms with Gasteiger partial charge in [0.1, 0.15) is 0 Å². The van der Waals surface area contributed by atoms with E-state index in [2.05, 4.69) is 55.4 Å². The Bertz CT molecular complexity index is 1530. The predicted molar refractivity (Wildman–Crippen MR) is 151 cm³/mol. The van der Waals surface area contributed by atoms with E-state index in [4.69, 9.17) is 0 Å². The van der Waals surface area contributed by atoms with Crippen LogP contribution in [0, 0.1) is 20.8 Å². The van der Waals surface area contributed by atoms with Crippen molar-refractivity contribution in [1.82, 2.24) is 15.2 Å². The van der Waals surface area contributed by atoms with E-state index in [0.717, 1.165) is 15.0 Å². The number of anilines is 1. The van der Waals surface area contributed by atoms with E-state index < -0.39 is 23.5 Å². The van der Waals surface area contributed by atoms with Crippen molar-refractivity contribution in [2.45, 2.75) is 36.9 Å². The van der Waals surface area contributed by atoms with Gasteiger partial charge in [-0.2, -0.15) is 0 Å². The number of hydrogen-bond donors (Lipinski definition) is 1. The van der Waals surface area contributed by atoms with Gasteiger partial charge in [-0.3, -0.25) is 14.5 Å². The molecule has 5 rings (SSSR count). The second-order valence-corrected chi connectivity index (χ2v) is 12.8. The lowest BCUT2D eigenvalue weighted by Crippen LogP contribution is -2.31. The fourth-order valence-electron chi connectivity index (χ4n) is 4.05. The Hall–Kier alpha value is -2.86. The highest BCUT2D eigenvalue weighted by Gasteiger charge is 2.46. The predicted octanol–water partition coefficient (Wildman–Crippen LogP) is 6.76. The summed E-state index contributed by atoms with van der Waals surface area (Å²) in [6.07, 6.45) is 0. The van der Waals surface area contributed by atoms with Crippen molar-refractivity contribution in [3.8, 4) is 0 Å². The first kappa shape index (κ1) is 25.8. The number of halogens is 1. The number of rotatable bonds is 7. The van der Waals surface area contributed by atoms with Crippen LogP contribution in [0.15, 0.2) is 68.7 Å². The zero-order valence-electron chi connectivity index (χ0n) is 20.1. The summed E-state index contributed by atoms with van der Waals surface area (Å²) < 4.78 is 1.54. The molecule has 1 aliphatic heterocycles. The molecule has 2 aromatic carbocycles. The van der Waals surface area contributed by atoms with E-state index in [-0.39, 0.29) is 5.57 Å². The number of benzene rings is 2. The summed E-state index contributed by atoms with van der Waals surface area (Å²) in [5, 5.41) is 20.6. The molecule has 1 amide bonds. The number of aromatic nitrogens is 3. The maximum atomic E-state index is 13.7. The van der Waals surface area contributed by atoms with Crippen molar-refractivity contribution >= 4 is 67.2 Å². The molecule has 1 N–H and O–H groups in total. The van der Waals surface area contributed by atoms with Gasteiger partial charge >= 0.3 is 0 Å². The molecule has 0 fully saturated rings. The van der Waals surface area contributed by atoms with Crippen LogP contribution < -0.4 is 4.90 Å². The van der Waals surface area contributed by atoms with Crippen molar-refractivity contribution < 1.29 is 14.7 Å². The zero-order valence-corrected chi connectivity index (χ0v) is 24.1. The monoisotopic (exact) mass is 612 g/mol. The van der Waals surface area contributed by atoms with Gasteiger partial charge in [0.25, 0.3) is 5.91 Å². The van der Waals surface area contributed by atoms with E-state index in [0.29, 0.717) is 31.4 Å². The number of hydrogen-bond acceptors (Lipinski definition) is 9. The summed E-state index contributed by atoms with van der Waals surface area (Å²) in [6.45, 7) is 5.61. The normalized spacial score (nSPS) is 15.6. The third kappa shape index (κ3) is 5.13. The molecule has 188 valence electrons. The van der Waals surface area contributed by atoms with E-state index in [1.807, 2.05) is 38.1 Å². The van der Waals surface area contributed by atoms with Gasteiger partial charge in [-0.25, -0.2) is 4.98 Å². The van der Waals surface area contributed by atoms with Gasteiger partial charge in [-0.15, -0.1) is 21.5 Å². The highest BCUT2D eigenvalue weighted by Crippen LogP contribution is 2.44. The van der Waals surface area contributed by atoms with Crippen molar-refractivity contribution in [3.63, 3.8) is 0 Å². The molecule has 1 unspecified atom stereocenters. The van der Waals surface area contributed by atoms with Gasteiger partial charge in [0, 0.05) is 10.2 Å². The molecular weight excluding hydrogens is 592 g/mol. The number of aliphatic hydroxyl groups excluding tert-OH is 1. The topological polar surface area (TPSA) is 96.3 Å². The van der Waals surface area contributed by atoms with Gasteiger partial charge in [-0.05, 0) is 44.0 Å². The number of thiazole rings is 1. The Morgan fingerprint density at radius 1 is 1.05 bits per heavy atom. The van der Waals surface area contributed by atoms with Crippen molar-refractivity contribution in [1.29, 1.82) is 0 Å². The Kier molecular flexibility index (Phi) is 7.30. The van der Waals surface area contributed by atoms with E-state index in [9.17, 15) is 14.7 Å². The van der Waals surface area contributed by atoms with E-state index in [1.165, 1.54) is 44.9 Å². The number of carbonyl (C=O) groups excluding carboxylic acids is 2. The first-order valence-electron chi connectivity index (χ1n) is 11.3. The minimum atomic E-state index is -0.849. The molecule has 2 aromatic heterocycles. The average Bonchev–Trinajstić information content (AvgIpc) is 3.55. The molecule has 3 heterocycles. The van der Waals surface area contributed by atoms with Gasteiger partial charge in [0.2, 0.25) is 10.9 Å². The Morgan fingerprint density at radius 2 is 1.76 bits per heavy atom. The van der Waals surface area contributed by atoms with E-state index >= 15 is 0 Å². The standard InChI is InChI=1S/C26H21BrN4O3S3/c1-13-4-6-16(7-5-13)12-35-26-30-29-25(37-26)31-20(17-8-10-18(27)11-9-17)19(22(33)24(31)34)21(32)23-14(2)28-15(3)36-23/h4-11,20,33H,12H2,1-3H3.